The third kappa shape index (κ3) is 2.20. The van der Waals surface area contributed by atoms with Crippen LogP contribution in [0.4, 0.5) is 0 Å². The summed E-state index contributed by atoms with van der Waals surface area (Å²) in [6, 6.07) is 14.4. The first-order valence-corrected chi connectivity index (χ1v) is 5.15. The standard InChI is InChI=1S/C12H10ClN2O/c13-15(14-9-5-2-6-10-14)12(16)11-7-3-1-4-8-11/h1-10H/q+1. The molecule has 4 heteroatoms. The van der Waals surface area contributed by atoms with E-state index < -0.39 is 0 Å². The van der Waals surface area contributed by atoms with Crippen molar-refractivity contribution >= 4 is 17.7 Å². The average Bonchev–Trinajstić information content (AvgIpc) is 2.39. The molecule has 0 saturated heterocycles. The van der Waals surface area contributed by atoms with E-state index in [4.69, 9.17) is 11.8 Å². The summed E-state index contributed by atoms with van der Waals surface area (Å²) in [5.41, 5.74) is 0.550. The monoisotopic (exact) mass is 233 g/mol. The second kappa shape index (κ2) is 4.77. The molecule has 0 aliphatic rings. The first-order chi connectivity index (χ1) is 7.79. The maximum atomic E-state index is 11.9. The van der Waals surface area contributed by atoms with E-state index in [0.717, 1.165) is 4.53 Å². The van der Waals surface area contributed by atoms with Crippen molar-refractivity contribution in [2.75, 3.05) is 4.53 Å². The lowest BCUT2D eigenvalue weighted by Gasteiger charge is -2.06. The molecule has 0 N–H and O–H groups in total. The van der Waals surface area contributed by atoms with Crippen LogP contribution < -0.4 is 9.20 Å². The van der Waals surface area contributed by atoms with Gasteiger partial charge in [-0.25, -0.2) is 0 Å². The van der Waals surface area contributed by atoms with E-state index >= 15 is 0 Å². The zero-order valence-corrected chi connectivity index (χ0v) is 9.21. The number of nitrogens with zero attached hydrogens (tertiary/aromatic N) is 2. The highest BCUT2D eigenvalue weighted by atomic mass is 35.5. The highest BCUT2D eigenvalue weighted by molar-refractivity contribution is 6.33. The summed E-state index contributed by atoms with van der Waals surface area (Å²) in [5, 5.41) is 0. The molecule has 0 unspecified atom stereocenters. The van der Waals surface area contributed by atoms with Gasteiger partial charge in [-0.15, -0.1) is 0 Å². The Labute approximate surface area is 98.6 Å². The fourth-order valence-corrected chi connectivity index (χ4v) is 1.50. The van der Waals surface area contributed by atoms with Crippen molar-refractivity contribution in [3.05, 3.63) is 66.5 Å². The predicted octanol–water partition coefficient (Wildman–Crippen LogP) is 1.91. The van der Waals surface area contributed by atoms with Crippen molar-refractivity contribution < 1.29 is 9.47 Å². The normalized spacial score (nSPS) is 9.81. The van der Waals surface area contributed by atoms with Crippen LogP contribution in [0.1, 0.15) is 10.4 Å². The Bertz CT molecular complexity index is 473. The van der Waals surface area contributed by atoms with Crippen molar-refractivity contribution in [2.24, 2.45) is 0 Å². The summed E-state index contributed by atoms with van der Waals surface area (Å²) in [6.45, 7) is 0. The van der Waals surface area contributed by atoms with Crippen molar-refractivity contribution in [2.45, 2.75) is 0 Å². The fraction of sp³-hybridized carbons (Fsp3) is 0. The number of pyridine rings is 1. The first-order valence-electron chi connectivity index (χ1n) is 4.81. The highest BCUT2D eigenvalue weighted by Gasteiger charge is 2.21. The molecule has 0 radical (unpaired) electrons. The Kier molecular flexibility index (Phi) is 3.17. The highest BCUT2D eigenvalue weighted by Crippen LogP contribution is 2.02. The Morgan fingerprint density at radius 3 is 2.19 bits per heavy atom. The van der Waals surface area contributed by atoms with Gasteiger partial charge in [0.15, 0.2) is 0 Å². The average molecular weight is 234 g/mol. The maximum absolute atomic E-state index is 11.9. The van der Waals surface area contributed by atoms with Crippen LogP contribution in [0, 0.1) is 0 Å². The van der Waals surface area contributed by atoms with Gasteiger partial charge in [0.05, 0.1) is 11.8 Å². The van der Waals surface area contributed by atoms with E-state index in [2.05, 4.69) is 0 Å². The van der Waals surface area contributed by atoms with Crippen LogP contribution in [0.3, 0.4) is 0 Å². The Balaban J connectivity index is 2.24. The second-order valence-corrected chi connectivity index (χ2v) is 3.51. The lowest BCUT2D eigenvalue weighted by molar-refractivity contribution is -0.667. The molecule has 1 aromatic carbocycles. The molecule has 1 aromatic heterocycles. The third-order valence-corrected chi connectivity index (χ3v) is 2.42. The van der Waals surface area contributed by atoms with Gasteiger partial charge < -0.3 is 0 Å². The molecule has 0 bridgehead atoms. The van der Waals surface area contributed by atoms with E-state index in [-0.39, 0.29) is 5.91 Å². The van der Waals surface area contributed by atoms with Crippen LogP contribution >= 0.6 is 11.8 Å². The summed E-state index contributed by atoms with van der Waals surface area (Å²) in [6.07, 6.45) is 3.40. The van der Waals surface area contributed by atoms with E-state index in [1.165, 1.54) is 4.68 Å². The zero-order valence-electron chi connectivity index (χ0n) is 8.45. The molecule has 16 heavy (non-hydrogen) atoms. The zero-order chi connectivity index (χ0) is 11.4. The number of benzene rings is 1. The molecular formula is C12H10ClN2O+. The fourth-order valence-electron chi connectivity index (χ4n) is 1.30. The molecule has 2 rings (SSSR count). The molecule has 0 atom stereocenters. The van der Waals surface area contributed by atoms with Crippen LogP contribution in [0.5, 0.6) is 0 Å². The molecule has 3 nitrogen and oxygen atoms in total. The number of aromatic nitrogens is 1. The Morgan fingerprint density at radius 1 is 1.00 bits per heavy atom. The van der Waals surface area contributed by atoms with Gasteiger partial charge in [0.25, 0.3) is 0 Å². The van der Waals surface area contributed by atoms with Gasteiger partial charge >= 0.3 is 5.91 Å². The number of carbonyl (C=O) groups excluding carboxylic acids is 1. The largest absolute Gasteiger partial charge is 0.327 e. The van der Waals surface area contributed by atoms with E-state index in [1.54, 1.807) is 48.8 Å². The molecule has 80 valence electrons. The first kappa shape index (κ1) is 10.6. The van der Waals surface area contributed by atoms with Crippen molar-refractivity contribution in [1.82, 2.24) is 0 Å². The second-order valence-electron chi connectivity index (χ2n) is 3.19. The van der Waals surface area contributed by atoms with Crippen LogP contribution in [0.25, 0.3) is 0 Å². The number of rotatable bonds is 2. The van der Waals surface area contributed by atoms with Gasteiger partial charge in [-0.3, -0.25) is 4.79 Å². The summed E-state index contributed by atoms with van der Waals surface area (Å²) in [7, 11) is 0. The number of amides is 1. The molecule has 2 aromatic rings. The minimum Gasteiger partial charge on any atom is -0.261 e. The molecule has 1 heterocycles. The lowest BCUT2D eigenvalue weighted by atomic mass is 10.2. The molecule has 0 spiro atoms. The van der Waals surface area contributed by atoms with Crippen molar-refractivity contribution in [3.8, 4) is 0 Å². The van der Waals surface area contributed by atoms with Gasteiger partial charge in [0.1, 0.15) is 0 Å². The number of halogens is 1. The Morgan fingerprint density at radius 2 is 1.56 bits per heavy atom. The van der Waals surface area contributed by atoms with Crippen molar-refractivity contribution in [3.63, 3.8) is 0 Å². The van der Waals surface area contributed by atoms with Crippen molar-refractivity contribution in [1.29, 1.82) is 0 Å². The van der Waals surface area contributed by atoms with Crippen LogP contribution in [0.15, 0.2) is 60.9 Å². The molecule has 0 fully saturated rings. The third-order valence-electron chi connectivity index (χ3n) is 2.09. The molecule has 0 aliphatic carbocycles. The topological polar surface area (TPSA) is 24.2 Å². The van der Waals surface area contributed by atoms with Gasteiger partial charge in [0.2, 0.25) is 12.4 Å². The van der Waals surface area contributed by atoms with Gasteiger partial charge in [-0.05, 0) is 16.7 Å². The van der Waals surface area contributed by atoms with E-state index in [9.17, 15) is 4.79 Å². The van der Waals surface area contributed by atoms with E-state index in [0.29, 0.717) is 5.56 Å². The SMILES string of the molecule is O=C(c1ccccc1)N(Cl)[n+]1ccccc1. The van der Waals surface area contributed by atoms with E-state index in [1.807, 2.05) is 12.1 Å². The summed E-state index contributed by atoms with van der Waals surface area (Å²) < 4.78 is 2.55. The molecule has 0 saturated carbocycles. The number of hydrogen-bond acceptors (Lipinski definition) is 1. The maximum Gasteiger partial charge on any atom is 0.327 e. The molecule has 0 aliphatic heterocycles. The molecule has 1 amide bonds. The predicted molar refractivity (Wildman–Crippen MR) is 61.5 cm³/mol. The summed E-state index contributed by atoms with van der Waals surface area (Å²) in [4.78, 5) is 11.9. The quantitative estimate of drug-likeness (QED) is 0.574. The lowest BCUT2D eigenvalue weighted by Crippen LogP contribution is -2.54. The summed E-state index contributed by atoms with van der Waals surface area (Å²) >= 11 is 5.94. The van der Waals surface area contributed by atoms with Gasteiger partial charge in [-0.2, -0.15) is 0 Å². The van der Waals surface area contributed by atoms with Gasteiger partial charge in [-0.1, -0.05) is 28.9 Å². The number of hydrogen-bond donors (Lipinski definition) is 0. The minimum absolute atomic E-state index is 0.265. The summed E-state index contributed by atoms with van der Waals surface area (Å²) in [5.74, 6) is -0.265. The Hall–Kier alpha value is -1.87. The van der Waals surface area contributed by atoms with Crippen LogP contribution in [0.2, 0.25) is 0 Å². The van der Waals surface area contributed by atoms with Gasteiger partial charge in [0, 0.05) is 17.7 Å². The van der Waals surface area contributed by atoms with Crippen LogP contribution in [-0.4, -0.2) is 5.91 Å². The molecular weight excluding hydrogens is 224 g/mol. The minimum atomic E-state index is -0.265. The smallest absolute Gasteiger partial charge is 0.261 e. The number of carbonyl (C=O) groups is 1. The van der Waals surface area contributed by atoms with Crippen LogP contribution in [-0.2, 0) is 0 Å².